The summed E-state index contributed by atoms with van der Waals surface area (Å²) in [6.07, 6.45) is 0. The smallest absolute Gasteiger partial charge is 0.252 e. The van der Waals surface area contributed by atoms with E-state index in [-0.39, 0.29) is 5.91 Å². The first kappa shape index (κ1) is 14.3. The van der Waals surface area contributed by atoms with Crippen LogP contribution in [0.3, 0.4) is 0 Å². The van der Waals surface area contributed by atoms with E-state index in [1.54, 1.807) is 13.2 Å². The molecule has 0 bridgehead atoms. The molecule has 0 atom stereocenters. The Kier molecular flexibility index (Phi) is 4.90. The molecule has 2 N–H and O–H groups in total. The lowest BCUT2D eigenvalue weighted by Gasteiger charge is -2.10. The van der Waals surface area contributed by atoms with Gasteiger partial charge >= 0.3 is 0 Å². The number of fused-ring (bicyclic) bond motifs is 1. The van der Waals surface area contributed by atoms with E-state index in [2.05, 4.69) is 15.6 Å². The van der Waals surface area contributed by atoms with Crippen molar-refractivity contribution in [1.29, 1.82) is 0 Å². The topological polar surface area (TPSA) is 63.2 Å². The molecular weight excluding hydrogens is 254 g/mol. The molecule has 0 unspecified atom stereocenters. The molecule has 1 amide bonds. The van der Waals surface area contributed by atoms with Gasteiger partial charge in [-0.25, -0.2) is 4.98 Å². The first-order valence-corrected chi connectivity index (χ1v) is 6.67. The summed E-state index contributed by atoms with van der Waals surface area (Å²) in [6, 6.07) is 9.42. The van der Waals surface area contributed by atoms with Crippen molar-refractivity contribution in [2.75, 3.05) is 32.1 Å². The number of rotatable bonds is 6. The number of methoxy groups -OCH3 is 1. The van der Waals surface area contributed by atoms with Crippen LogP contribution in [0.25, 0.3) is 10.9 Å². The maximum atomic E-state index is 12.3. The van der Waals surface area contributed by atoms with Crippen LogP contribution in [0, 0.1) is 0 Å². The fourth-order valence-electron chi connectivity index (χ4n) is 2.00. The SMILES string of the molecule is CCNc1cc(C(=O)NCCOC)c2ccccc2n1. The van der Waals surface area contributed by atoms with Crippen molar-refractivity contribution in [3.8, 4) is 0 Å². The number of benzene rings is 1. The third-order valence-corrected chi connectivity index (χ3v) is 2.91. The standard InChI is InChI=1S/C15H19N3O2/c1-3-16-14-10-12(15(19)17-8-9-20-2)11-6-4-5-7-13(11)18-14/h4-7,10H,3,8-9H2,1-2H3,(H,16,18)(H,17,19). The molecule has 0 radical (unpaired) electrons. The molecule has 0 aliphatic rings. The molecule has 0 aliphatic heterocycles. The van der Waals surface area contributed by atoms with E-state index in [9.17, 15) is 4.79 Å². The second-order valence-corrected chi connectivity index (χ2v) is 4.35. The van der Waals surface area contributed by atoms with Crippen molar-refractivity contribution in [2.24, 2.45) is 0 Å². The Morgan fingerprint density at radius 3 is 2.90 bits per heavy atom. The highest BCUT2D eigenvalue weighted by atomic mass is 16.5. The molecular formula is C15H19N3O2. The van der Waals surface area contributed by atoms with Gasteiger partial charge in [0.1, 0.15) is 5.82 Å². The number of anilines is 1. The number of aromatic nitrogens is 1. The number of carbonyl (C=O) groups is 1. The van der Waals surface area contributed by atoms with Crippen molar-refractivity contribution >= 4 is 22.6 Å². The van der Waals surface area contributed by atoms with Crippen molar-refractivity contribution in [3.63, 3.8) is 0 Å². The van der Waals surface area contributed by atoms with Crippen LogP contribution in [-0.2, 0) is 4.74 Å². The summed E-state index contributed by atoms with van der Waals surface area (Å²) in [6.45, 7) is 3.74. The number of para-hydroxylation sites is 1. The second kappa shape index (κ2) is 6.86. The van der Waals surface area contributed by atoms with E-state index in [0.717, 1.165) is 17.4 Å². The van der Waals surface area contributed by atoms with Crippen LogP contribution in [0.1, 0.15) is 17.3 Å². The Morgan fingerprint density at radius 2 is 2.15 bits per heavy atom. The third-order valence-electron chi connectivity index (χ3n) is 2.91. The summed E-state index contributed by atoms with van der Waals surface area (Å²) in [5, 5.41) is 6.84. The first-order valence-electron chi connectivity index (χ1n) is 6.67. The van der Waals surface area contributed by atoms with Gasteiger partial charge in [-0.05, 0) is 19.1 Å². The highest BCUT2D eigenvalue weighted by molar-refractivity contribution is 6.06. The van der Waals surface area contributed by atoms with Gasteiger partial charge in [-0.1, -0.05) is 18.2 Å². The summed E-state index contributed by atoms with van der Waals surface area (Å²) < 4.78 is 4.94. The van der Waals surface area contributed by atoms with Gasteiger partial charge in [-0.15, -0.1) is 0 Å². The number of nitrogens with one attached hydrogen (secondary N) is 2. The van der Waals surface area contributed by atoms with Gasteiger partial charge in [0.05, 0.1) is 17.7 Å². The quantitative estimate of drug-likeness (QED) is 0.791. The largest absolute Gasteiger partial charge is 0.383 e. The van der Waals surface area contributed by atoms with Crippen LogP contribution < -0.4 is 10.6 Å². The van der Waals surface area contributed by atoms with Gasteiger partial charge in [-0.3, -0.25) is 4.79 Å². The van der Waals surface area contributed by atoms with Crippen LogP contribution in [0.2, 0.25) is 0 Å². The van der Waals surface area contributed by atoms with E-state index >= 15 is 0 Å². The summed E-state index contributed by atoms with van der Waals surface area (Å²) in [7, 11) is 1.61. The van der Waals surface area contributed by atoms with E-state index in [1.165, 1.54) is 0 Å². The number of nitrogens with zero attached hydrogens (tertiary/aromatic N) is 1. The maximum absolute atomic E-state index is 12.3. The van der Waals surface area contributed by atoms with Gasteiger partial charge in [0, 0.05) is 25.6 Å². The molecule has 1 heterocycles. The number of ether oxygens (including phenoxy) is 1. The van der Waals surface area contributed by atoms with Crippen LogP contribution in [0.15, 0.2) is 30.3 Å². The normalized spacial score (nSPS) is 10.5. The molecule has 1 aromatic carbocycles. The number of amides is 1. The predicted octanol–water partition coefficient (Wildman–Crippen LogP) is 2.04. The van der Waals surface area contributed by atoms with E-state index < -0.39 is 0 Å². The molecule has 0 spiro atoms. The zero-order valence-corrected chi connectivity index (χ0v) is 11.8. The van der Waals surface area contributed by atoms with Gasteiger partial charge in [0.15, 0.2) is 0 Å². The van der Waals surface area contributed by atoms with E-state index in [4.69, 9.17) is 4.74 Å². The van der Waals surface area contributed by atoms with Crippen LogP contribution in [-0.4, -0.2) is 37.7 Å². The third kappa shape index (κ3) is 3.24. The molecule has 0 saturated carbocycles. The Labute approximate surface area is 118 Å². The summed E-state index contributed by atoms with van der Waals surface area (Å²) in [4.78, 5) is 16.8. The molecule has 106 valence electrons. The van der Waals surface area contributed by atoms with Crippen LogP contribution >= 0.6 is 0 Å². The lowest BCUT2D eigenvalue weighted by molar-refractivity contribution is 0.0938. The molecule has 0 fully saturated rings. The minimum Gasteiger partial charge on any atom is -0.383 e. The fourth-order valence-corrected chi connectivity index (χ4v) is 2.00. The lowest BCUT2D eigenvalue weighted by Crippen LogP contribution is -2.27. The van der Waals surface area contributed by atoms with Gasteiger partial charge < -0.3 is 15.4 Å². The van der Waals surface area contributed by atoms with Crippen molar-refractivity contribution in [3.05, 3.63) is 35.9 Å². The second-order valence-electron chi connectivity index (χ2n) is 4.35. The number of hydrogen-bond donors (Lipinski definition) is 2. The minimum atomic E-state index is -0.111. The van der Waals surface area contributed by atoms with Crippen molar-refractivity contribution < 1.29 is 9.53 Å². The van der Waals surface area contributed by atoms with Gasteiger partial charge in [-0.2, -0.15) is 0 Å². The molecule has 0 aliphatic carbocycles. The zero-order valence-electron chi connectivity index (χ0n) is 11.8. The lowest BCUT2D eigenvalue weighted by atomic mass is 10.1. The summed E-state index contributed by atoms with van der Waals surface area (Å²) >= 11 is 0. The van der Waals surface area contributed by atoms with Crippen molar-refractivity contribution in [1.82, 2.24) is 10.3 Å². The van der Waals surface area contributed by atoms with Crippen LogP contribution in [0.5, 0.6) is 0 Å². The summed E-state index contributed by atoms with van der Waals surface area (Å²) in [5.41, 5.74) is 1.44. The fraction of sp³-hybridized carbons (Fsp3) is 0.333. The molecule has 5 heteroatoms. The zero-order chi connectivity index (χ0) is 14.4. The highest BCUT2D eigenvalue weighted by Gasteiger charge is 2.12. The van der Waals surface area contributed by atoms with E-state index in [0.29, 0.717) is 24.5 Å². The average molecular weight is 273 g/mol. The monoisotopic (exact) mass is 273 g/mol. The average Bonchev–Trinajstić information content (AvgIpc) is 2.47. The first-order chi connectivity index (χ1) is 9.76. The molecule has 2 aromatic rings. The molecule has 2 rings (SSSR count). The molecule has 5 nitrogen and oxygen atoms in total. The number of carbonyl (C=O) groups excluding carboxylic acids is 1. The van der Waals surface area contributed by atoms with Crippen molar-refractivity contribution in [2.45, 2.75) is 6.92 Å². The van der Waals surface area contributed by atoms with Gasteiger partial charge in [0.25, 0.3) is 5.91 Å². The molecule has 0 saturated heterocycles. The molecule has 1 aromatic heterocycles. The Balaban J connectivity index is 2.36. The number of pyridine rings is 1. The Bertz CT molecular complexity index is 599. The van der Waals surface area contributed by atoms with E-state index in [1.807, 2.05) is 31.2 Å². The highest BCUT2D eigenvalue weighted by Crippen LogP contribution is 2.20. The Hall–Kier alpha value is -2.14. The number of hydrogen-bond acceptors (Lipinski definition) is 4. The maximum Gasteiger partial charge on any atom is 0.252 e. The minimum absolute atomic E-state index is 0.111. The van der Waals surface area contributed by atoms with Gasteiger partial charge in [0.2, 0.25) is 0 Å². The molecule has 20 heavy (non-hydrogen) atoms. The van der Waals surface area contributed by atoms with Crippen LogP contribution in [0.4, 0.5) is 5.82 Å². The summed E-state index contributed by atoms with van der Waals surface area (Å²) in [5.74, 6) is 0.600. The predicted molar refractivity (Wildman–Crippen MR) is 80.1 cm³/mol. The Morgan fingerprint density at radius 1 is 1.35 bits per heavy atom.